The lowest BCUT2D eigenvalue weighted by atomic mass is 9.93. The second-order valence-electron chi connectivity index (χ2n) is 14.4. The van der Waals surface area contributed by atoms with E-state index in [0.717, 1.165) is 35.7 Å². The first-order valence-corrected chi connectivity index (χ1v) is 16.5. The fraction of sp³-hybridized carbons (Fsp3) is 0.571. The number of hydrogen-bond donors (Lipinski definition) is 3. The van der Waals surface area contributed by atoms with Crippen molar-refractivity contribution in [2.24, 2.45) is 17.8 Å². The van der Waals surface area contributed by atoms with Gasteiger partial charge in [-0.05, 0) is 70.1 Å². The summed E-state index contributed by atoms with van der Waals surface area (Å²) in [6.07, 6.45) is 9.02. The van der Waals surface area contributed by atoms with Gasteiger partial charge in [0, 0.05) is 49.6 Å². The molecule has 46 heavy (non-hydrogen) atoms. The van der Waals surface area contributed by atoms with E-state index in [4.69, 9.17) is 4.74 Å². The van der Waals surface area contributed by atoms with Crippen molar-refractivity contribution >= 4 is 34.8 Å². The number of fused-ring (bicyclic) bond motifs is 5. The maximum atomic E-state index is 14.3. The summed E-state index contributed by atoms with van der Waals surface area (Å²) in [6, 6.07) is 8.32. The van der Waals surface area contributed by atoms with Gasteiger partial charge in [-0.15, -0.1) is 0 Å². The number of benzene rings is 1. The minimum atomic E-state index is -1.37. The molecule has 1 aromatic heterocycles. The number of hydrogen-bond acceptors (Lipinski definition) is 7. The predicted octanol–water partition coefficient (Wildman–Crippen LogP) is 3.87. The van der Waals surface area contributed by atoms with E-state index in [0.29, 0.717) is 45.4 Å². The summed E-state index contributed by atoms with van der Waals surface area (Å²) in [7, 11) is 0. The smallest absolute Gasteiger partial charge is 0.408 e. The molecular formula is C35H45N5O6. The first-order valence-electron chi connectivity index (χ1n) is 16.5. The van der Waals surface area contributed by atoms with E-state index in [2.05, 4.69) is 26.6 Å². The molecule has 0 bridgehead atoms. The molecule has 2 saturated heterocycles. The van der Waals surface area contributed by atoms with Gasteiger partial charge in [-0.2, -0.15) is 0 Å². The van der Waals surface area contributed by atoms with E-state index in [1.807, 2.05) is 42.6 Å². The first kappa shape index (κ1) is 32.0. The molecule has 11 heteroatoms. The van der Waals surface area contributed by atoms with Crippen LogP contribution in [0.25, 0.3) is 10.9 Å². The van der Waals surface area contributed by atoms with Gasteiger partial charge in [0.25, 0.3) is 0 Å². The van der Waals surface area contributed by atoms with Crippen molar-refractivity contribution in [1.29, 1.82) is 0 Å². The van der Waals surface area contributed by atoms with Crippen molar-refractivity contribution in [3.63, 3.8) is 0 Å². The van der Waals surface area contributed by atoms with Crippen molar-refractivity contribution < 1.29 is 29.0 Å². The highest BCUT2D eigenvalue weighted by atomic mass is 16.6. The molecule has 0 unspecified atom stereocenters. The van der Waals surface area contributed by atoms with Crippen LogP contribution in [0.2, 0.25) is 0 Å². The zero-order valence-electron chi connectivity index (χ0n) is 26.9. The summed E-state index contributed by atoms with van der Waals surface area (Å²) in [4.78, 5) is 62.2. The van der Waals surface area contributed by atoms with Gasteiger partial charge in [0.2, 0.25) is 11.8 Å². The number of ether oxygens (including phenoxy) is 1. The molecule has 6 atom stereocenters. The lowest BCUT2D eigenvalue weighted by Gasteiger charge is -2.33. The van der Waals surface area contributed by atoms with Crippen LogP contribution < -0.4 is 10.6 Å². The monoisotopic (exact) mass is 631 g/mol. The lowest BCUT2D eigenvalue weighted by Crippen LogP contribution is -2.58. The lowest BCUT2D eigenvalue weighted by molar-refractivity contribution is -0.146. The third-order valence-corrected chi connectivity index (χ3v) is 9.89. The fourth-order valence-electron chi connectivity index (χ4n) is 7.58. The molecule has 11 nitrogen and oxygen atoms in total. The number of allylic oxidation sites excluding steroid dienone is 1. The maximum absolute atomic E-state index is 14.3. The van der Waals surface area contributed by atoms with Gasteiger partial charge in [-0.1, -0.05) is 43.2 Å². The number of carboxylic acids is 1. The molecule has 1 aliphatic carbocycles. The Bertz CT molecular complexity index is 1530. The topological polar surface area (TPSA) is 141 Å². The second-order valence-corrected chi connectivity index (χ2v) is 14.4. The number of aliphatic carboxylic acids is 1. The quantitative estimate of drug-likeness (QED) is 0.432. The number of para-hydroxylation sites is 1. The van der Waals surface area contributed by atoms with Crippen molar-refractivity contribution in [2.75, 3.05) is 19.6 Å². The van der Waals surface area contributed by atoms with Gasteiger partial charge in [-0.3, -0.25) is 19.5 Å². The Labute approximate surface area is 269 Å². The number of carbonyl (C=O) groups excluding carboxylic acids is 3. The summed E-state index contributed by atoms with van der Waals surface area (Å²) < 4.78 is 5.50. The number of nitrogens with one attached hydrogen (secondary N) is 2. The normalized spacial score (nSPS) is 31.1. The van der Waals surface area contributed by atoms with Crippen LogP contribution in [0, 0.1) is 17.8 Å². The summed E-state index contributed by atoms with van der Waals surface area (Å²) in [5.41, 5.74) is -0.0396. The molecule has 3 N–H and O–H groups in total. The molecule has 4 aliphatic rings. The van der Waals surface area contributed by atoms with Gasteiger partial charge in [-0.25, -0.2) is 9.59 Å². The highest BCUT2D eigenvalue weighted by molar-refractivity contribution is 5.96. The first-order chi connectivity index (χ1) is 21.9. The molecule has 3 fully saturated rings. The molecule has 2 aromatic rings. The number of rotatable bonds is 4. The van der Waals surface area contributed by atoms with Gasteiger partial charge in [0.1, 0.15) is 23.2 Å². The van der Waals surface area contributed by atoms with Crippen molar-refractivity contribution in [1.82, 2.24) is 25.4 Å². The average molecular weight is 632 g/mol. The molecule has 0 radical (unpaired) electrons. The molecule has 246 valence electrons. The fourth-order valence-corrected chi connectivity index (χ4v) is 7.58. The highest BCUT2D eigenvalue weighted by Crippen LogP contribution is 2.46. The summed E-state index contributed by atoms with van der Waals surface area (Å²) in [5, 5.41) is 17.0. The number of carbonyl (C=O) groups is 4. The Morgan fingerprint density at radius 2 is 1.91 bits per heavy atom. The minimum absolute atomic E-state index is 0.0181. The van der Waals surface area contributed by atoms with E-state index < -0.39 is 41.2 Å². The molecule has 0 spiro atoms. The maximum Gasteiger partial charge on any atom is 0.408 e. The zero-order chi connectivity index (χ0) is 32.6. The summed E-state index contributed by atoms with van der Waals surface area (Å²) >= 11 is 0. The third kappa shape index (κ3) is 6.61. The minimum Gasteiger partial charge on any atom is -0.479 e. The third-order valence-electron chi connectivity index (χ3n) is 9.89. The molecule has 3 amide bonds. The molecular weight excluding hydrogens is 586 g/mol. The van der Waals surface area contributed by atoms with Crippen molar-refractivity contribution in [2.45, 2.75) is 89.1 Å². The van der Waals surface area contributed by atoms with E-state index in [1.54, 1.807) is 25.7 Å². The number of nitrogens with zero attached hydrogens (tertiary/aromatic N) is 3. The van der Waals surface area contributed by atoms with Crippen LogP contribution in [-0.2, 0) is 25.7 Å². The number of likely N-dealkylation sites (tertiary alicyclic amines) is 1. The zero-order valence-corrected chi connectivity index (χ0v) is 26.9. The number of alkyl carbamates (subject to hydrolysis) is 1. The van der Waals surface area contributed by atoms with Crippen LogP contribution in [0.4, 0.5) is 4.79 Å². The number of pyridine rings is 1. The Kier molecular flexibility index (Phi) is 8.80. The van der Waals surface area contributed by atoms with Crippen molar-refractivity contribution in [3.05, 3.63) is 54.2 Å². The Hall–Kier alpha value is -3.99. The second kappa shape index (κ2) is 12.7. The van der Waals surface area contributed by atoms with Crippen LogP contribution in [-0.4, -0.2) is 86.6 Å². The SMILES string of the molecule is CC(C)(C)OC(=O)N[C@H]1CCCCC/C=C\[C@@H]2C[C@@]2(C(=O)O)NC(=O)[C@@H]2[C@H]3CN(Cc4ccnc5ccccc45)C[C@H]3CN2C1=O. The number of aromatic nitrogens is 1. The largest absolute Gasteiger partial charge is 0.479 e. The summed E-state index contributed by atoms with van der Waals surface area (Å²) in [5.74, 6) is -2.28. The van der Waals surface area contributed by atoms with Crippen LogP contribution in [0.1, 0.15) is 64.9 Å². The average Bonchev–Trinajstić information content (AvgIpc) is 3.37. The standard InChI is InChI=1S/C35H45N5O6/c1-34(2,3)46-33(45)37-28-14-8-6-4-5-7-11-24-17-35(24,32(43)44)38-30(41)29-26-21-39(19-23(26)20-40(29)31(28)42)18-22-15-16-36-27-13-10-9-12-25(22)27/h7,9-13,15-16,23-24,26,28-29H,4-6,8,14,17-21H2,1-3H3,(H,37,45)(H,38,41)(H,43,44)/b11-7-/t23-,24+,26-,28-,29-,35+/m0/s1. The Morgan fingerprint density at radius 1 is 1.11 bits per heavy atom. The predicted molar refractivity (Wildman–Crippen MR) is 172 cm³/mol. The number of amides is 3. The van der Waals surface area contributed by atoms with Gasteiger partial charge < -0.3 is 25.4 Å². The summed E-state index contributed by atoms with van der Waals surface area (Å²) in [6.45, 7) is 7.60. The van der Waals surface area contributed by atoms with Crippen LogP contribution in [0.15, 0.2) is 48.7 Å². The highest BCUT2D eigenvalue weighted by Gasteiger charge is 2.62. The molecule has 6 rings (SSSR count). The number of carboxylic acid groups (broad SMARTS) is 1. The van der Waals surface area contributed by atoms with E-state index >= 15 is 0 Å². The van der Waals surface area contributed by atoms with Crippen molar-refractivity contribution in [3.8, 4) is 0 Å². The Balaban J connectivity index is 1.28. The van der Waals surface area contributed by atoms with E-state index in [-0.39, 0.29) is 23.7 Å². The van der Waals surface area contributed by atoms with Crippen LogP contribution in [0.3, 0.4) is 0 Å². The van der Waals surface area contributed by atoms with E-state index in [1.165, 1.54) is 0 Å². The molecule has 4 heterocycles. The molecule has 1 saturated carbocycles. The Morgan fingerprint density at radius 3 is 2.70 bits per heavy atom. The van der Waals surface area contributed by atoms with E-state index in [9.17, 15) is 24.3 Å². The molecule has 3 aliphatic heterocycles. The van der Waals surface area contributed by atoms with Gasteiger partial charge in [0.15, 0.2) is 0 Å². The molecule has 1 aromatic carbocycles. The van der Waals surface area contributed by atoms with Crippen LogP contribution in [0.5, 0.6) is 0 Å². The van der Waals surface area contributed by atoms with Crippen LogP contribution >= 0.6 is 0 Å². The van der Waals surface area contributed by atoms with Gasteiger partial charge >= 0.3 is 12.1 Å². The van der Waals surface area contributed by atoms with Gasteiger partial charge in [0.05, 0.1) is 5.52 Å².